The third kappa shape index (κ3) is 6.66. The average molecular weight is 338 g/mol. The molecule has 0 aromatic rings. The minimum atomic E-state index is -5.13. The molecular weight excluding hydrogens is 332 g/mol. The van der Waals surface area contributed by atoms with Crippen LogP contribution in [0.15, 0.2) is 0 Å². The normalized spacial score (nSPS) is 14.6. The van der Waals surface area contributed by atoms with Crippen LogP contribution in [0.1, 0.15) is 12.8 Å². The van der Waals surface area contributed by atoms with E-state index in [1.54, 1.807) is 0 Å². The molecule has 8 heteroatoms. The Labute approximate surface area is 89.0 Å². The van der Waals surface area contributed by atoms with Crippen LogP contribution in [-0.4, -0.2) is 22.4 Å². The van der Waals surface area contributed by atoms with Gasteiger partial charge >= 0.3 is 6.18 Å². The highest BCUT2D eigenvalue weighted by atomic mass is 127. The van der Waals surface area contributed by atoms with Crippen molar-refractivity contribution < 1.29 is 30.7 Å². The van der Waals surface area contributed by atoms with Crippen molar-refractivity contribution in [3.05, 3.63) is 0 Å². The van der Waals surface area contributed by atoms with Crippen LogP contribution in [0.4, 0.5) is 30.7 Å². The molecule has 0 N–H and O–H groups in total. The van der Waals surface area contributed by atoms with Gasteiger partial charge in [-0.05, 0) is 0 Å². The summed E-state index contributed by atoms with van der Waals surface area (Å²) < 4.78 is 83.1. The minimum absolute atomic E-state index is 0.932. The van der Waals surface area contributed by atoms with Crippen LogP contribution < -0.4 is 0 Å². The number of hydrogen-bond acceptors (Lipinski definition) is 0. The first-order valence-electron chi connectivity index (χ1n) is 3.36. The predicted octanol–water partition coefficient (Wildman–Crippen LogP) is 4.03. The third-order valence-electron chi connectivity index (χ3n) is 1.17. The summed E-state index contributed by atoms with van der Waals surface area (Å²) in [5, 5.41) is 0. The van der Waals surface area contributed by atoms with Gasteiger partial charge in [0.05, 0.1) is 10.8 Å². The topological polar surface area (TPSA) is 0 Å². The lowest BCUT2D eigenvalue weighted by molar-refractivity contribution is -0.203. The summed E-state index contributed by atoms with van der Waals surface area (Å²) in [4.78, 5) is 0. The molecule has 0 atom stereocenters. The van der Waals surface area contributed by atoms with E-state index in [1.807, 2.05) is 0 Å². The molecule has 0 amide bonds. The van der Waals surface area contributed by atoms with Crippen LogP contribution >= 0.6 is 22.6 Å². The molecular formula is C6H6F7I. The van der Waals surface area contributed by atoms with Crippen LogP contribution in [0.25, 0.3) is 0 Å². The van der Waals surface area contributed by atoms with Crippen molar-refractivity contribution in [1.29, 1.82) is 0 Å². The smallest absolute Gasteiger partial charge is 0.206 e. The molecule has 0 fully saturated rings. The summed E-state index contributed by atoms with van der Waals surface area (Å²) in [6.45, 7) is 0. The minimum Gasteiger partial charge on any atom is -0.206 e. The number of halogens is 8. The summed E-state index contributed by atoms with van der Waals surface area (Å²) in [6, 6.07) is 0. The lowest BCUT2D eigenvalue weighted by Gasteiger charge is -2.22. The third-order valence-corrected chi connectivity index (χ3v) is 2.29. The van der Waals surface area contributed by atoms with E-state index in [0.29, 0.717) is 0 Å². The predicted molar refractivity (Wildman–Crippen MR) is 44.1 cm³/mol. The van der Waals surface area contributed by atoms with Gasteiger partial charge in [-0.15, -0.1) is 0 Å². The van der Waals surface area contributed by atoms with Gasteiger partial charge in [-0.3, -0.25) is 0 Å². The number of rotatable bonds is 4. The monoisotopic (exact) mass is 338 g/mol. The van der Waals surface area contributed by atoms with E-state index in [2.05, 4.69) is 0 Å². The van der Waals surface area contributed by atoms with Crippen LogP contribution in [0.3, 0.4) is 0 Å². The Morgan fingerprint density at radius 2 is 1.14 bits per heavy atom. The molecule has 0 aromatic heterocycles. The SMILES string of the molecule is FC(F)(F)CC(F)(F)CC(F)(F)CI. The van der Waals surface area contributed by atoms with Gasteiger partial charge in [0.2, 0.25) is 0 Å². The quantitative estimate of drug-likeness (QED) is 0.412. The fourth-order valence-electron chi connectivity index (χ4n) is 0.781. The van der Waals surface area contributed by atoms with E-state index in [4.69, 9.17) is 0 Å². The maximum Gasteiger partial charge on any atom is 0.394 e. The first-order chi connectivity index (χ1) is 5.97. The van der Waals surface area contributed by atoms with E-state index < -0.39 is 35.3 Å². The lowest BCUT2D eigenvalue weighted by Crippen LogP contribution is -2.34. The number of hydrogen-bond donors (Lipinski definition) is 0. The van der Waals surface area contributed by atoms with Crippen molar-refractivity contribution in [3.8, 4) is 0 Å². The van der Waals surface area contributed by atoms with Crippen LogP contribution in [0, 0.1) is 0 Å². The highest BCUT2D eigenvalue weighted by Crippen LogP contribution is 2.39. The lowest BCUT2D eigenvalue weighted by atomic mass is 10.1. The van der Waals surface area contributed by atoms with Crippen molar-refractivity contribution in [2.24, 2.45) is 0 Å². The molecule has 0 aliphatic carbocycles. The molecule has 0 bridgehead atoms. The first-order valence-corrected chi connectivity index (χ1v) is 4.88. The van der Waals surface area contributed by atoms with E-state index >= 15 is 0 Å². The molecule has 0 saturated heterocycles. The molecule has 0 aliphatic heterocycles. The summed E-state index contributed by atoms with van der Waals surface area (Å²) in [7, 11) is 0. The Morgan fingerprint density at radius 1 is 0.714 bits per heavy atom. The van der Waals surface area contributed by atoms with E-state index in [1.165, 1.54) is 0 Å². The molecule has 14 heavy (non-hydrogen) atoms. The maximum atomic E-state index is 12.4. The zero-order valence-electron chi connectivity index (χ0n) is 6.65. The molecule has 0 spiro atoms. The second-order valence-electron chi connectivity index (χ2n) is 2.81. The molecule has 0 radical (unpaired) electrons. The van der Waals surface area contributed by atoms with Crippen molar-refractivity contribution in [2.75, 3.05) is 4.43 Å². The second kappa shape index (κ2) is 4.40. The standard InChI is InChI=1S/C6H6F7I/c7-4(8,2-6(11,12)13)1-5(9,10)3-14/h1-3H2. The fourth-order valence-corrected chi connectivity index (χ4v) is 1.05. The Hall–Kier alpha value is 0.240. The molecule has 0 aromatic carbocycles. The Morgan fingerprint density at radius 3 is 1.43 bits per heavy atom. The van der Waals surface area contributed by atoms with Crippen molar-refractivity contribution in [2.45, 2.75) is 30.9 Å². The van der Waals surface area contributed by atoms with Gasteiger partial charge in [0.15, 0.2) is 0 Å². The Bertz CT molecular complexity index is 185. The molecule has 0 rings (SSSR count). The van der Waals surface area contributed by atoms with Crippen LogP contribution in [0.2, 0.25) is 0 Å². The Balaban J connectivity index is 4.35. The summed E-state index contributed by atoms with van der Waals surface area (Å²) in [5.74, 6) is -8.18. The highest BCUT2D eigenvalue weighted by Gasteiger charge is 2.49. The van der Waals surface area contributed by atoms with Crippen molar-refractivity contribution >= 4 is 22.6 Å². The van der Waals surface area contributed by atoms with Gasteiger partial charge in [0, 0.05) is 0 Å². The fraction of sp³-hybridized carbons (Fsp3) is 1.00. The van der Waals surface area contributed by atoms with Crippen LogP contribution in [0.5, 0.6) is 0 Å². The second-order valence-corrected chi connectivity index (χ2v) is 3.58. The highest BCUT2D eigenvalue weighted by molar-refractivity contribution is 14.1. The summed E-state index contributed by atoms with van der Waals surface area (Å²) in [5.41, 5.74) is 0. The first kappa shape index (κ1) is 14.2. The van der Waals surface area contributed by atoms with Gasteiger partial charge in [-0.25, -0.2) is 17.6 Å². The maximum absolute atomic E-state index is 12.4. The number of alkyl halides is 8. The van der Waals surface area contributed by atoms with Gasteiger partial charge in [-0.1, -0.05) is 22.6 Å². The largest absolute Gasteiger partial charge is 0.394 e. The van der Waals surface area contributed by atoms with E-state index in [-0.39, 0.29) is 0 Å². The van der Waals surface area contributed by atoms with E-state index in [0.717, 1.165) is 22.6 Å². The van der Waals surface area contributed by atoms with E-state index in [9.17, 15) is 30.7 Å². The Kier molecular flexibility index (Phi) is 4.47. The molecule has 0 heterocycles. The molecule has 0 saturated carbocycles. The van der Waals surface area contributed by atoms with Gasteiger partial charge in [-0.2, -0.15) is 13.2 Å². The molecule has 0 aliphatic rings. The zero-order valence-corrected chi connectivity index (χ0v) is 8.80. The summed E-state index contributed by atoms with van der Waals surface area (Å²) in [6.07, 6.45) is -9.71. The summed E-state index contributed by atoms with van der Waals surface area (Å²) >= 11 is 1.14. The van der Waals surface area contributed by atoms with Gasteiger partial charge in [0.25, 0.3) is 11.8 Å². The zero-order chi connectivity index (χ0) is 11.6. The molecule has 86 valence electrons. The van der Waals surface area contributed by atoms with Gasteiger partial charge in [0.1, 0.15) is 6.42 Å². The van der Waals surface area contributed by atoms with Crippen molar-refractivity contribution in [3.63, 3.8) is 0 Å². The van der Waals surface area contributed by atoms with Crippen LogP contribution in [-0.2, 0) is 0 Å². The molecule has 0 nitrogen and oxygen atoms in total. The molecule has 0 unspecified atom stereocenters. The average Bonchev–Trinajstić information content (AvgIpc) is 1.78. The van der Waals surface area contributed by atoms with Crippen molar-refractivity contribution in [1.82, 2.24) is 0 Å². The van der Waals surface area contributed by atoms with Gasteiger partial charge < -0.3 is 0 Å².